The normalized spacial score (nSPS) is 16.4. The number of alkyl carbamates (subject to hydrolysis) is 1. The first-order valence-electron chi connectivity index (χ1n) is 28.7. The third-order valence-corrected chi connectivity index (χ3v) is 19.9. The van der Waals surface area contributed by atoms with Gasteiger partial charge in [0, 0.05) is 45.0 Å². The molecule has 0 heterocycles. The van der Waals surface area contributed by atoms with Crippen molar-refractivity contribution in [1.29, 1.82) is 0 Å². The van der Waals surface area contributed by atoms with E-state index in [0.717, 1.165) is 23.7 Å². The van der Waals surface area contributed by atoms with E-state index in [1.807, 2.05) is 78.8 Å². The third-order valence-electron chi connectivity index (χ3n) is 15.2. The van der Waals surface area contributed by atoms with Gasteiger partial charge < -0.3 is 48.7 Å². The Morgan fingerprint density at radius 1 is 0.646 bits per heavy atom. The van der Waals surface area contributed by atoms with Crippen molar-refractivity contribution < 1.29 is 61.7 Å². The van der Waals surface area contributed by atoms with E-state index in [9.17, 15) is 38.4 Å². The summed E-state index contributed by atoms with van der Waals surface area (Å²) in [6.07, 6.45) is 0.855. The van der Waals surface area contributed by atoms with Crippen molar-refractivity contribution in [1.82, 2.24) is 25.3 Å². The van der Waals surface area contributed by atoms with E-state index < -0.39 is 122 Å². The molecule has 0 fully saturated rings. The molecule has 1 aromatic rings. The smallest absolute Gasteiger partial charge is 0.408 e. The van der Waals surface area contributed by atoms with Gasteiger partial charge in [-0.3, -0.25) is 19.2 Å². The van der Waals surface area contributed by atoms with E-state index in [4.69, 9.17) is 23.4 Å². The number of nitrogens with zero attached hydrogens (tertiary/aromatic N) is 3. The SMILES string of the molecule is CC[C@H](C)[C@@H](OC(=O)[C@H](C)N(C)C(=O)[C@@H](NC(=O)CN(C)C(=O)[C@@H](Cc1ccccc1)N(C)C(=O)[C@H](C)NC(=O)OC(C)(C)C)[C@@H](C)CC)[C@@H](C)[C@H](C/C=C(\C)C(=O)O[C@@H](C(=O)OC(C)(C)C)[C@@H](C)CC)O[Si](CC)(CC)CC. The van der Waals surface area contributed by atoms with Gasteiger partial charge in [-0.1, -0.05) is 118 Å². The van der Waals surface area contributed by atoms with Crippen LogP contribution in [0.15, 0.2) is 42.0 Å². The highest BCUT2D eigenvalue weighted by Crippen LogP contribution is 2.33. The summed E-state index contributed by atoms with van der Waals surface area (Å²) in [6, 6.07) is 7.32. The van der Waals surface area contributed by atoms with Crippen molar-refractivity contribution in [3.05, 3.63) is 47.5 Å². The molecule has 1 rings (SSSR count). The summed E-state index contributed by atoms with van der Waals surface area (Å²) in [7, 11) is 2.09. The molecule has 0 radical (unpaired) electrons. The van der Waals surface area contributed by atoms with Crippen LogP contribution in [0.1, 0.15) is 163 Å². The van der Waals surface area contributed by atoms with E-state index >= 15 is 0 Å². The monoisotopic (exact) mass is 1130 g/mol. The number of nitrogens with one attached hydrogen (secondary N) is 2. The Hall–Kier alpha value is -5.30. The summed E-state index contributed by atoms with van der Waals surface area (Å²) in [5.74, 6) is -5.38. The van der Waals surface area contributed by atoms with Crippen LogP contribution in [0.4, 0.5) is 4.79 Å². The van der Waals surface area contributed by atoms with Crippen LogP contribution >= 0.6 is 0 Å². The van der Waals surface area contributed by atoms with Crippen molar-refractivity contribution in [2.75, 3.05) is 27.7 Å². The average molecular weight is 1130 g/mol. The van der Waals surface area contributed by atoms with Gasteiger partial charge in [-0.15, -0.1) is 0 Å². The second-order valence-electron chi connectivity index (χ2n) is 23.7. The molecule has 0 spiro atoms. The molecule has 450 valence electrons. The Morgan fingerprint density at radius 2 is 1.18 bits per heavy atom. The minimum absolute atomic E-state index is 0.105. The molecule has 0 aliphatic rings. The zero-order valence-corrected chi connectivity index (χ0v) is 53.3. The second kappa shape index (κ2) is 32.8. The Balaban J connectivity index is 3.49. The number of hydrogen-bond donors (Lipinski definition) is 2. The molecular formula is C60H103N5O13Si. The highest BCUT2D eigenvalue weighted by Gasteiger charge is 2.42. The van der Waals surface area contributed by atoms with Crippen LogP contribution in [0, 0.1) is 23.7 Å². The molecule has 0 aromatic heterocycles. The summed E-state index contributed by atoms with van der Waals surface area (Å²) in [6.45, 7) is 34.5. The molecule has 18 nitrogen and oxygen atoms in total. The quantitative estimate of drug-likeness (QED) is 0.0307. The molecule has 5 amide bonds. The second-order valence-corrected chi connectivity index (χ2v) is 28.4. The van der Waals surface area contributed by atoms with Crippen LogP contribution in [-0.4, -0.2) is 152 Å². The highest BCUT2D eigenvalue weighted by molar-refractivity contribution is 6.73. The first-order chi connectivity index (χ1) is 36.6. The summed E-state index contributed by atoms with van der Waals surface area (Å²) in [5.41, 5.74) is -0.517. The predicted octanol–water partition coefficient (Wildman–Crippen LogP) is 9.43. The molecule has 0 aliphatic heterocycles. The Morgan fingerprint density at radius 3 is 1.67 bits per heavy atom. The summed E-state index contributed by atoms with van der Waals surface area (Å²) >= 11 is 0. The first kappa shape index (κ1) is 71.7. The van der Waals surface area contributed by atoms with Crippen molar-refractivity contribution in [3.8, 4) is 0 Å². The maximum Gasteiger partial charge on any atom is 0.408 e. The number of amides is 5. The fraction of sp³-hybridized carbons (Fsp3) is 0.733. The van der Waals surface area contributed by atoms with Crippen LogP contribution in [0.5, 0.6) is 0 Å². The third kappa shape index (κ3) is 23.0. The van der Waals surface area contributed by atoms with Gasteiger partial charge in [-0.05, 0) is 111 Å². The van der Waals surface area contributed by atoms with Crippen molar-refractivity contribution in [2.24, 2.45) is 23.7 Å². The van der Waals surface area contributed by atoms with Crippen LogP contribution in [0.3, 0.4) is 0 Å². The lowest BCUT2D eigenvalue weighted by Crippen LogP contribution is -2.57. The summed E-state index contributed by atoms with van der Waals surface area (Å²) in [5, 5.41) is 5.38. The van der Waals surface area contributed by atoms with E-state index in [1.165, 1.54) is 42.8 Å². The Labute approximate surface area is 475 Å². The summed E-state index contributed by atoms with van der Waals surface area (Å²) in [4.78, 5) is 114. The lowest BCUT2D eigenvalue weighted by Gasteiger charge is -2.40. The van der Waals surface area contributed by atoms with Gasteiger partial charge in [0.15, 0.2) is 8.32 Å². The van der Waals surface area contributed by atoms with Crippen molar-refractivity contribution in [2.45, 2.75) is 235 Å². The Bertz CT molecular complexity index is 2170. The molecule has 2 N–H and O–H groups in total. The van der Waals surface area contributed by atoms with Crippen LogP contribution in [0.2, 0.25) is 18.1 Å². The lowest BCUT2D eigenvalue weighted by molar-refractivity contribution is -0.177. The molecule has 0 saturated heterocycles. The van der Waals surface area contributed by atoms with Crippen LogP contribution in [0.25, 0.3) is 0 Å². The van der Waals surface area contributed by atoms with Gasteiger partial charge in [-0.25, -0.2) is 19.2 Å². The number of benzene rings is 1. The fourth-order valence-electron chi connectivity index (χ4n) is 8.92. The van der Waals surface area contributed by atoms with Crippen LogP contribution < -0.4 is 10.6 Å². The fourth-order valence-corrected chi connectivity index (χ4v) is 11.9. The number of rotatable bonds is 31. The predicted molar refractivity (Wildman–Crippen MR) is 311 cm³/mol. The molecule has 19 heteroatoms. The standard InChI is InChI=1S/C60H103N5O13Si/c1-23-38(7)49(62-48(66)37-63(20)53(68)46(36-45-32-30-29-31-33-45)65(22)52(67)43(12)61-58(73)77-60(17,18)19)54(69)64(21)44(13)56(71)74-50(39(8)24-2)42(11)47(78-79(26-4,27-5)28-6)35-34-41(10)55(70)75-51(40(9)25-3)57(72)76-59(14,15)16/h29-34,38-40,42-44,46-47,49-51H,23-28,35-37H2,1-22H3,(H,61,73)(H,62,66)/b41-34+/t38-,39-,40-,42-,43-,44-,46+,47-,49-,50+,51+/m0/s1. The van der Waals surface area contributed by atoms with E-state index in [-0.39, 0.29) is 24.2 Å². The molecule has 11 atom stereocenters. The Kier molecular flexibility index (Phi) is 29.8. The molecule has 0 unspecified atom stereocenters. The zero-order valence-electron chi connectivity index (χ0n) is 52.3. The summed E-state index contributed by atoms with van der Waals surface area (Å²) < 4.78 is 30.4. The number of likely N-dealkylation sites (N-methyl/N-ethyl adjacent to an activating group) is 3. The molecule has 0 saturated carbocycles. The van der Waals surface area contributed by atoms with Gasteiger partial charge in [0.05, 0.1) is 12.6 Å². The lowest BCUT2D eigenvalue weighted by atomic mass is 9.86. The van der Waals surface area contributed by atoms with Crippen molar-refractivity contribution in [3.63, 3.8) is 0 Å². The van der Waals surface area contributed by atoms with Gasteiger partial charge in [0.2, 0.25) is 29.7 Å². The van der Waals surface area contributed by atoms with Gasteiger partial charge >= 0.3 is 24.0 Å². The maximum absolute atomic E-state index is 14.5. The number of carbonyl (C=O) groups excluding carboxylic acids is 8. The number of ether oxygens (including phenoxy) is 4. The molecule has 1 aromatic carbocycles. The highest BCUT2D eigenvalue weighted by atomic mass is 28.4. The molecular weight excluding hydrogens is 1030 g/mol. The first-order valence-corrected chi connectivity index (χ1v) is 31.2. The number of hydrogen-bond acceptors (Lipinski definition) is 13. The molecule has 0 aliphatic carbocycles. The van der Waals surface area contributed by atoms with Gasteiger partial charge in [0.25, 0.3) is 0 Å². The van der Waals surface area contributed by atoms with E-state index in [1.54, 1.807) is 61.5 Å². The average Bonchev–Trinajstić information content (AvgIpc) is 3.39. The van der Waals surface area contributed by atoms with E-state index in [2.05, 4.69) is 31.4 Å². The van der Waals surface area contributed by atoms with Gasteiger partial charge in [0.1, 0.15) is 41.5 Å². The minimum atomic E-state index is -2.30. The zero-order chi connectivity index (χ0) is 60.9. The van der Waals surface area contributed by atoms with Crippen molar-refractivity contribution >= 4 is 55.9 Å². The van der Waals surface area contributed by atoms with E-state index in [0.29, 0.717) is 31.3 Å². The van der Waals surface area contributed by atoms with Gasteiger partial charge in [-0.2, -0.15) is 0 Å². The van der Waals surface area contributed by atoms with Crippen LogP contribution in [-0.2, 0) is 63.4 Å². The topological polar surface area (TPSA) is 216 Å². The number of esters is 3. The largest absolute Gasteiger partial charge is 0.460 e. The molecule has 0 bridgehead atoms. The minimum Gasteiger partial charge on any atom is -0.460 e. The number of carbonyl (C=O) groups is 8. The molecule has 79 heavy (non-hydrogen) atoms. The maximum atomic E-state index is 14.5.